The zero-order valence-electron chi connectivity index (χ0n) is 11.3. The lowest BCUT2D eigenvalue weighted by atomic mass is 10.1. The summed E-state index contributed by atoms with van der Waals surface area (Å²) < 4.78 is 5.68. The zero-order valence-corrected chi connectivity index (χ0v) is 11.3. The van der Waals surface area contributed by atoms with Gasteiger partial charge in [-0.1, -0.05) is 6.92 Å². The van der Waals surface area contributed by atoms with Gasteiger partial charge in [-0.2, -0.15) is 0 Å². The molecule has 0 saturated carbocycles. The van der Waals surface area contributed by atoms with Crippen LogP contribution in [0, 0.1) is 6.92 Å². The van der Waals surface area contributed by atoms with E-state index in [4.69, 9.17) is 9.72 Å². The van der Waals surface area contributed by atoms with Gasteiger partial charge in [-0.3, -0.25) is 0 Å². The van der Waals surface area contributed by atoms with Gasteiger partial charge in [0.2, 0.25) is 0 Å². The van der Waals surface area contributed by atoms with Gasteiger partial charge in [0.05, 0.1) is 6.61 Å². The van der Waals surface area contributed by atoms with Crippen LogP contribution < -0.4 is 9.64 Å². The van der Waals surface area contributed by atoms with Crippen molar-refractivity contribution in [3.05, 3.63) is 17.3 Å². The zero-order chi connectivity index (χ0) is 12.5. The summed E-state index contributed by atoms with van der Waals surface area (Å²) in [5, 5.41) is 0. The molecule has 0 N–H and O–H groups in total. The summed E-state index contributed by atoms with van der Waals surface area (Å²) in [4.78, 5) is 9.66. The second-order valence-electron chi connectivity index (χ2n) is 5.08. The van der Waals surface area contributed by atoms with Gasteiger partial charge in [0.1, 0.15) is 11.6 Å². The van der Waals surface area contributed by atoms with E-state index in [0.29, 0.717) is 0 Å². The van der Waals surface area contributed by atoms with Crippen molar-refractivity contribution in [2.75, 3.05) is 44.2 Å². The van der Waals surface area contributed by atoms with Crippen molar-refractivity contribution in [2.24, 2.45) is 0 Å². The van der Waals surface area contributed by atoms with Gasteiger partial charge >= 0.3 is 0 Å². The third kappa shape index (κ3) is 2.05. The Bertz CT molecular complexity index is 439. The molecule has 0 spiro atoms. The standard InChI is InChI=1S/C14H21N3O/c1-3-16-5-7-17(8-6-16)14-12-4-9-18-13(12)10-11(2)15-14/h10H,3-9H2,1-2H3. The number of rotatable bonds is 2. The average molecular weight is 247 g/mol. The Morgan fingerprint density at radius 1 is 1.28 bits per heavy atom. The van der Waals surface area contributed by atoms with Gasteiger partial charge in [-0.15, -0.1) is 0 Å². The molecule has 4 heteroatoms. The van der Waals surface area contributed by atoms with Crippen LogP contribution in [-0.2, 0) is 6.42 Å². The van der Waals surface area contributed by atoms with E-state index in [2.05, 4.69) is 22.8 Å². The molecular weight excluding hydrogens is 226 g/mol. The third-order valence-electron chi connectivity index (χ3n) is 3.92. The summed E-state index contributed by atoms with van der Waals surface area (Å²) in [5.74, 6) is 2.22. The fourth-order valence-electron chi connectivity index (χ4n) is 2.82. The molecular formula is C14H21N3O. The summed E-state index contributed by atoms with van der Waals surface area (Å²) in [5.41, 5.74) is 2.37. The number of hydrogen-bond acceptors (Lipinski definition) is 4. The van der Waals surface area contributed by atoms with Crippen molar-refractivity contribution in [1.29, 1.82) is 0 Å². The highest BCUT2D eigenvalue weighted by Gasteiger charge is 2.24. The van der Waals surface area contributed by atoms with Gasteiger partial charge in [0.25, 0.3) is 0 Å². The van der Waals surface area contributed by atoms with Crippen LogP contribution in [0.4, 0.5) is 5.82 Å². The minimum Gasteiger partial charge on any atom is -0.493 e. The number of ether oxygens (including phenoxy) is 1. The first kappa shape index (κ1) is 11.8. The minimum atomic E-state index is 0.808. The maximum atomic E-state index is 5.68. The fraction of sp³-hybridized carbons (Fsp3) is 0.643. The van der Waals surface area contributed by atoms with E-state index in [1.54, 1.807) is 0 Å². The number of aromatic nitrogens is 1. The summed E-state index contributed by atoms with van der Waals surface area (Å²) in [6, 6.07) is 2.06. The van der Waals surface area contributed by atoms with Crippen LogP contribution in [-0.4, -0.2) is 49.2 Å². The second-order valence-corrected chi connectivity index (χ2v) is 5.08. The first-order valence-electron chi connectivity index (χ1n) is 6.88. The quantitative estimate of drug-likeness (QED) is 0.791. The van der Waals surface area contributed by atoms with E-state index in [1.165, 1.54) is 11.4 Å². The maximum absolute atomic E-state index is 5.68. The Morgan fingerprint density at radius 3 is 2.78 bits per heavy atom. The summed E-state index contributed by atoms with van der Waals surface area (Å²) in [6.45, 7) is 10.7. The van der Waals surface area contributed by atoms with E-state index >= 15 is 0 Å². The molecule has 0 aliphatic carbocycles. The van der Waals surface area contributed by atoms with Crippen molar-refractivity contribution in [3.63, 3.8) is 0 Å². The van der Waals surface area contributed by atoms with Crippen molar-refractivity contribution in [3.8, 4) is 5.75 Å². The number of aryl methyl sites for hydroxylation is 1. The largest absolute Gasteiger partial charge is 0.493 e. The molecule has 0 atom stereocenters. The molecule has 0 unspecified atom stereocenters. The molecule has 0 aromatic carbocycles. The first-order valence-corrected chi connectivity index (χ1v) is 6.88. The molecule has 3 heterocycles. The molecule has 1 saturated heterocycles. The number of likely N-dealkylation sites (N-methyl/N-ethyl adjacent to an activating group) is 1. The van der Waals surface area contributed by atoms with E-state index in [9.17, 15) is 0 Å². The predicted octanol–water partition coefficient (Wildman–Crippen LogP) is 1.47. The monoisotopic (exact) mass is 247 g/mol. The van der Waals surface area contributed by atoms with Crippen LogP contribution in [0.1, 0.15) is 18.2 Å². The molecule has 0 amide bonds. The molecule has 2 aliphatic rings. The Hall–Kier alpha value is -1.29. The van der Waals surface area contributed by atoms with E-state index in [0.717, 1.165) is 57.2 Å². The lowest BCUT2D eigenvalue weighted by molar-refractivity contribution is 0.270. The highest BCUT2D eigenvalue weighted by molar-refractivity contribution is 5.56. The Balaban J connectivity index is 1.84. The number of pyridine rings is 1. The van der Waals surface area contributed by atoms with Crippen LogP contribution in [0.3, 0.4) is 0 Å². The summed E-state index contributed by atoms with van der Waals surface area (Å²) in [6.07, 6.45) is 1.01. The van der Waals surface area contributed by atoms with Gasteiger partial charge in [0.15, 0.2) is 0 Å². The van der Waals surface area contributed by atoms with E-state index in [-0.39, 0.29) is 0 Å². The molecule has 98 valence electrons. The lowest BCUT2D eigenvalue weighted by Gasteiger charge is -2.35. The topological polar surface area (TPSA) is 28.6 Å². The Kier molecular flexibility index (Phi) is 3.12. The average Bonchev–Trinajstić information content (AvgIpc) is 2.86. The van der Waals surface area contributed by atoms with Gasteiger partial charge < -0.3 is 14.5 Å². The highest BCUT2D eigenvalue weighted by atomic mass is 16.5. The number of hydrogen-bond donors (Lipinski definition) is 0. The molecule has 3 rings (SSSR count). The summed E-state index contributed by atoms with van der Waals surface area (Å²) in [7, 11) is 0. The molecule has 0 bridgehead atoms. The SMILES string of the molecule is CCN1CCN(c2nc(C)cc3c2CCO3)CC1. The van der Waals surface area contributed by atoms with Crippen molar-refractivity contribution in [1.82, 2.24) is 9.88 Å². The van der Waals surface area contributed by atoms with Crippen LogP contribution in [0.15, 0.2) is 6.07 Å². The molecule has 18 heavy (non-hydrogen) atoms. The second kappa shape index (κ2) is 4.76. The molecule has 1 fully saturated rings. The molecule has 0 radical (unpaired) electrons. The predicted molar refractivity (Wildman–Crippen MR) is 72.5 cm³/mol. The van der Waals surface area contributed by atoms with Gasteiger partial charge in [-0.25, -0.2) is 4.98 Å². The van der Waals surface area contributed by atoms with Crippen LogP contribution in [0.2, 0.25) is 0 Å². The maximum Gasteiger partial charge on any atom is 0.135 e. The lowest BCUT2D eigenvalue weighted by Crippen LogP contribution is -2.46. The third-order valence-corrected chi connectivity index (χ3v) is 3.92. The van der Waals surface area contributed by atoms with Gasteiger partial charge in [-0.05, 0) is 13.5 Å². The van der Waals surface area contributed by atoms with E-state index in [1.807, 2.05) is 6.92 Å². The van der Waals surface area contributed by atoms with Crippen molar-refractivity contribution >= 4 is 5.82 Å². The van der Waals surface area contributed by atoms with Gasteiger partial charge in [0, 0.05) is 49.9 Å². The Morgan fingerprint density at radius 2 is 2.06 bits per heavy atom. The molecule has 1 aromatic heterocycles. The Labute approximate surface area is 109 Å². The van der Waals surface area contributed by atoms with Crippen LogP contribution in [0.5, 0.6) is 5.75 Å². The minimum absolute atomic E-state index is 0.808. The molecule has 2 aliphatic heterocycles. The summed E-state index contributed by atoms with van der Waals surface area (Å²) >= 11 is 0. The number of anilines is 1. The molecule has 4 nitrogen and oxygen atoms in total. The first-order chi connectivity index (χ1) is 8.78. The highest BCUT2D eigenvalue weighted by Crippen LogP contribution is 2.33. The van der Waals surface area contributed by atoms with Crippen LogP contribution in [0.25, 0.3) is 0 Å². The smallest absolute Gasteiger partial charge is 0.135 e. The van der Waals surface area contributed by atoms with E-state index < -0.39 is 0 Å². The fourth-order valence-corrected chi connectivity index (χ4v) is 2.82. The number of nitrogens with zero attached hydrogens (tertiary/aromatic N) is 3. The number of piperazine rings is 1. The van der Waals surface area contributed by atoms with Crippen molar-refractivity contribution in [2.45, 2.75) is 20.3 Å². The molecule has 1 aromatic rings. The van der Waals surface area contributed by atoms with Crippen LogP contribution >= 0.6 is 0 Å². The number of fused-ring (bicyclic) bond motifs is 1. The van der Waals surface area contributed by atoms with Crippen molar-refractivity contribution < 1.29 is 4.74 Å². The normalized spacial score (nSPS) is 19.8.